The first-order chi connectivity index (χ1) is 20.4. The number of nitrogens with zero attached hydrogens (tertiary/aromatic N) is 3. The number of aryl methyl sites for hydroxylation is 2. The van der Waals surface area contributed by atoms with Gasteiger partial charge in [-0.3, -0.25) is 24.0 Å². The largest absolute Gasteiger partial charge is 0.379 e. The first kappa shape index (κ1) is 30.2. The third-order valence-corrected chi connectivity index (χ3v) is 8.37. The van der Waals surface area contributed by atoms with E-state index in [0.717, 1.165) is 93.2 Å². The average molecular weight is 573 g/mol. The van der Waals surface area contributed by atoms with Gasteiger partial charge in [-0.25, -0.2) is 0 Å². The van der Waals surface area contributed by atoms with Crippen LogP contribution in [0.3, 0.4) is 0 Å². The zero-order valence-corrected chi connectivity index (χ0v) is 25.2. The van der Waals surface area contributed by atoms with Crippen LogP contribution >= 0.6 is 0 Å². The summed E-state index contributed by atoms with van der Waals surface area (Å²) in [5.41, 5.74) is 6.32. The molecule has 8 nitrogen and oxygen atoms in total. The Hall–Kier alpha value is -3.30. The molecule has 2 aliphatic rings. The monoisotopic (exact) mass is 572 g/mol. The normalized spacial score (nSPS) is 17.9. The summed E-state index contributed by atoms with van der Waals surface area (Å²) in [7, 11) is 0. The van der Waals surface area contributed by atoms with Gasteiger partial charge in [-0.2, -0.15) is 0 Å². The van der Waals surface area contributed by atoms with E-state index in [1.807, 2.05) is 38.1 Å². The minimum Gasteiger partial charge on any atom is -0.379 e. The van der Waals surface area contributed by atoms with Gasteiger partial charge < -0.3 is 14.8 Å². The third kappa shape index (κ3) is 7.36. The summed E-state index contributed by atoms with van der Waals surface area (Å²) >= 11 is 0. The van der Waals surface area contributed by atoms with Gasteiger partial charge in [-0.15, -0.1) is 0 Å². The molecular formula is C34H44N4O4. The molecule has 2 aliphatic heterocycles. The maximum Gasteiger partial charge on any atom is 0.253 e. The molecule has 1 unspecified atom stereocenters. The number of carbonyl (C=O) groups is 1. The van der Waals surface area contributed by atoms with Crippen LogP contribution in [-0.4, -0.2) is 66.0 Å². The SMILES string of the molecule is CCN(Cc1cccc(-c2ccc(CN3CCOCC3)cc2)c1C(=O)NCn1c(C)cc(C)cc1=O)C1CCCCO1. The Kier molecular flexibility index (Phi) is 10.2. The lowest BCUT2D eigenvalue weighted by Gasteiger charge is -2.34. The minimum atomic E-state index is -0.189. The number of carbonyl (C=O) groups excluding carboxylic acids is 1. The van der Waals surface area contributed by atoms with Crippen molar-refractivity contribution in [2.24, 2.45) is 0 Å². The highest BCUT2D eigenvalue weighted by Gasteiger charge is 2.24. The molecule has 0 spiro atoms. The van der Waals surface area contributed by atoms with E-state index in [9.17, 15) is 9.59 Å². The smallest absolute Gasteiger partial charge is 0.253 e. The van der Waals surface area contributed by atoms with Crippen LogP contribution in [0, 0.1) is 13.8 Å². The molecule has 0 saturated carbocycles. The molecule has 1 N–H and O–H groups in total. The van der Waals surface area contributed by atoms with E-state index in [0.29, 0.717) is 12.1 Å². The number of morpholine rings is 1. The number of nitrogens with one attached hydrogen (secondary N) is 1. The number of pyridine rings is 1. The Morgan fingerprint density at radius 3 is 2.50 bits per heavy atom. The number of rotatable bonds is 10. The molecule has 1 atom stereocenters. The van der Waals surface area contributed by atoms with Crippen LogP contribution in [0.25, 0.3) is 11.1 Å². The van der Waals surface area contributed by atoms with Gasteiger partial charge in [0, 0.05) is 44.5 Å². The zero-order valence-electron chi connectivity index (χ0n) is 25.2. The molecule has 0 aliphatic carbocycles. The lowest BCUT2D eigenvalue weighted by Crippen LogP contribution is -2.39. The fraction of sp³-hybridized carbons (Fsp3) is 0.471. The van der Waals surface area contributed by atoms with Crippen molar-refractivity contribution in [3.8, 4) is 11.1 Å². The average Bonchev–Trinajstić information content (AvgIpc) is 3.00. The molecule has 5 rings (SSSR count). The Labute approximate surface area is 249 Å². The summed E-state index contributed by atoms with van der Waals surface area (Å²) in [5, 5.41) is 3.06. The Bertz CT molecular complexity index is 1410. The van der Waals surface area contributed by atoms with Gasteiger partial charge >= 0.3 is 0 Å². The van der Waals surface area contributed by atoms with Gasteiger partial charge in [-0.1, -0.05) is 49.4 Å². The van der Waals surface area contributed by atoms with Crippen molar-refractivity contribution < 1.29 is 14.3 Å². The lowest BCUT2D eigenvalue weighted by atomic mass is 9.93. The molecule has 2 saturated heterocycles. The molecule has 3 heterocycles. The predicted molar refractivity (Wildman–Crippen MR) is 165 cm³/mol. The van der Waals surface area contributed by atoms with Crippen molar-refractivity contribution in [3.05, 3.63) is 92.9 Å². The Balaban J connectivity index is 1.44. The van der Waals surface area contributed by atoms with Crippen LogP contribution in [0.5, 0.6) is 0 Å². The van der Waals surface area contributed by atoms with Gasteiger partial charge in [-0.05, 0) is 73.5 Å². The second kappa shape index (κ2) is 14.2. The first-order valence-corrected chi connectivity index (χ1v) is 15.3. The van der Waals surface area contributed by atoms with Crippen molar-refractivity contribution >= 4 is 5.91 Å². The number of aromatic nitrogens is 1. The number of amides is 1. The molecule has 1 aromatic heterocycles. The highest BCUT2D eigenvalue weighted by Crippen LogP contribution is 2.29. The van der Waals surface area contributed by atoms with E-state index >= 15 is 0 Å². The molecule has 224 valence electrons. The summed E-state index contributed by atoms with van der Waals surface area (Å²) in [4.78, 5) is 31.4. The summed E-state index contributed by atoms with van der Waals surface area (Å²) in [6, 6.07) is 18.2. The maximum atomic E-state index is 14.0. The Morgan fingerprint density at radius 2 is 1.81 bits per heavy atom. The van der Waals surface area contributed by atoms with Gasteiger partial charge in [0.05, 0.1) is 25.4 Å². The quantitative estimate of drug-likeness (QED) is 0.380. The van der Waals surface area contributed by atoms with Crippen LogP contribution in [0.1, 0.15) is 58.9 Å². The van der Waals surface area contributed by atoms with E-state index in [1.165, 1.54) is 5.56 Å². The van der Waals surface area contributed by atoms with Crippen molar-refractivity contribution in [2.45, 2.75) is 66.0 Å². The van der Waals surface area contributed by atoms with Crippen molar-refractivity contribution in [3.63, 3.8) is 0 Å². The van der Waals surface area contributed by atoms with Gasteiger partial charge in [0.1, 0.15) is 6.23 Å². The van der Waals surface area contributed by atoms with Crippen molar-refractivity contribution in [1.29, 1.82) is 0 Å². The molecular weight excluding hydrogens is 528 g/mol. The summed E-state index contributed by atoms with van der Waals surface area (Å²) in [6.45, 7) is 12.6. The molecule has 3 aromatic rings. The molecule has 0 radical (unpaired) electrons. The molecule has 42 heavy (non-hydrogen) atoms. The fourth-order valence-corrected chi connectivity index (χ4v) is 6.03. The zero-order chi connectivity index (χ0) is 29.5. The van der Waals surface area contributed by atoms with Gasteiger partial charge in [0.2, 0.25) is 0 Å². The van der Waals surface area contributed by atoms with Crippen LogP contribution < -0.4 is 10.9 Å². The summed E-state index contributed by atoms with van der Waals surface area (Å²) in [6.07, 6.45) is 3.29. The van der Waals surface area contributed by atoms with Crippen molar-refractivity contribution in [1.82, 2.24) is 19.7 Å². The minimum absolute atomic E-state index is 0.0524. The number of hydrogen-bond donors (Lipinski definition) is 1. The Morgan fingerprint density at radius 1 is 1.02 bits per heavy atom. The highest BCUT2D eigenvalue weighted by molar-refractivity contribution is 6.02. The second-order valence-electron chi connectivity index (χ2n) is 11.4. The van der Waals surface area contributed by atoms with Crippen LogP contribution in [0.4, 0.5) is 0 Å². The van der Waals surface area contributed by atoms with E-state index < -0.39 is 0 Å². The van der Waals surface area contributed by atoms with Gasteiger partial charge in [0.15, 0.2) is 0 Å². The molecule has 8 heteroatoms. The second-order valence-corrected chi connectivity index (χ2v) is 11.4. The van der Waals surface area contributed by atoms with Crippen molar-refractivity contribution in [2.75, 3.05) is 39.5 Å². The molecule has 1 amide bonds. The topological polar surface area (TPSA) is 76.0 Å². The van der Waals surface area contributed by atoms with Gasteiger partial charge in [0.25, 0.3) is 11.5 Å². The highest BCUT2D eigenvalue weighted by atomic mass is 16.5. The predicted octanol–water partition coefficient (Wildman–Crippen LogP) is 4.70. The fourth-order valence-electron chi connectivity index (χ4n) is 6.03. The maximum absolute atomic E-state index is 14.0. The molecule has 2 fully saturated rings. The lowest BCUT2D eigenvalue weighted by molar-refractivity contribution is -0.0876. The van der Waals surface area contributed by atoms with E-state index in [-0.39, 0.29) is 24.4 Å². The summed E-state index contributed by atoms with van der Waals surface area (Å²) < 4.78 is 13.2. The van der Waals surface area contributed by atoms with Crippen LogP contribution in [-0.2, 0) is 29.2 Å². The number of ether oxygens (including phenoxy) is 2. The number of hydrogen-bond acceptors (Lipinski definition) is 6. The van der Waals surface area contributed by atoms with E-state index in [1.54, 1.807) is 10.6 Å². The molecule has 2 aromatic carbocycles. The number of benzene rings is 2. The van der Waals surface area contributed by atoms with Crippen LogP contribution in [0.15, 0.2) is 59.4 Å². The molecule has 0 bridgehead atoms. The summed E-state index contributed by atoms with van der Waals surface area (Å²) in [5.74, 6) is -0.189. The van der Waals surface area contributed by atoms with E-state index in [4.69, 9.17) is 9.47 Å². The third-order valence-electron chi connectivity index (χ3n) is 8.37. The first-order valence-electron chi connectivity index (χ1n) is 15.3. The van der Waals surface area contributed by atoms with E-state index in [2.05, 4.69) is 46.3 Å². The van der Waals surface area contributed by atoms with Crippen LogP contribution in [0.2, 0.25) is 0 Å². The standard InChI is InChI=1S/C34H44N4O4/c1-4-37(32-10-5-6-17-42-32)23-29-8-7-9-30(28-13-11-27(12-14-28)22-36-15-18-41-19-16-36)33(29)34(40)35-24-38-26(3)20-25(2)21-31(38)39/h7-9,11-14,20-21,32H,4-6,10,15-19,22-24H2,1-3H3,(H,35,40).